The van der Waals surface area contributed by atoms with E-state index in [-0.39, 0.29) is 0 Å². The summed E-state index contributed by atoms with van der Waals surface area (Å²) in [6.07, 6.45) is 3.60. The molecule has 2 nitrogen and oxygen atoms in total. The predicted octanol–water partition coefficient (Wildman–Crippen LogP) is 3.35. The first-order chi connectivity index (χ1) is 6.16. The average molecular weight is 178 g/mol. The topological polar surface area (TPSA) is 17.8 Å². The fourth-order valence-electron chi connectivity index (χ4n) is 0.991. The van der Waals surface area contributed by atoms with Crippen LogP contribution in [-0.2, 0) is 0 Å². The average Bonchev–Trinajstić information content (AvgIpc) is 2.50. The molecule has 1 aromatic rings. The van der Waals surface area contributed by atoms with Crippen molar-refractivity contribution in [3.63, 3.8) is 0 Å². The van der Waals surface area contributed by atoms with Crippen molar-refractivity contribution >= 4 is 11.8 Å². The van der Waals surface area contributed by atoms with Crippen LogP contribution in [-0.4, -0.2) is 9.78 Å². The largest absolute Gasteiger partial charge is 0.238 e. The molecular formula is C11H18N2. The van der Waals surface area contributed by atoms with E-state index >= 15 is 0 Å². The second-order valence-electron chi connectivity index (χ2n) is 2.56. The van der Waals surface area contributed by atoms with Gasteiger partial charge >= 0.3 is 0 Å². The Morgan fingerprint density at radius 2 is 2.08 bits per heavy atom. The van der Waals surface area contributed by atoms with Crippen LogP contribution in [0.5, 0.6) is 0 Å². The third kappa shape index (κ3) is 2.58. The Kier molecular flexibility index (Phi) is 4.82. The Labute approximate surface area is 80.6 Å². The zero-order valence-corrected chi connectivity index (χ0v) is 8.96. The molecule has 0 N–H and O–H groups in total. The number of hydrogen-bond acceptors (Lipinski definition) is 1. The van der Waals surface area contributed by atoms with Crippen LogP contribution in [0.4, 0.5) is 0 Å². The van der Waals surface area contributed by atoms with Gasteiger partial charge in [0, 0.05) is 5.70 Å². The lowest BCUT2D eigenvalue weighted by molar-refractivity contribution is 0.888. The second kappa shape index (κ2) is 5.36. The van der Waals surface area contributed by atoms with Crippen LogP contribution in [0.2, 0.25) is 0 Å². The minimum atomic E-state index is 0.910. The molecule has 1 aromatic heterocycles. The summed E-state index contributed by atoms with van der Waals surface area (Å²) in [5, 5.41) is 4.13. The number of nitrogens with zero attached hydrogens (tertiary/aromatic N) is 2. The number of rotatable bonds is 2. The van der Waals surface area contributed by atoms with Gasteiger partial charge in [-0.25, -0.2) is 4.68 Å². The van der Waals surface area contributed by atoms with Crippen molar-refractivity contribution in [2.24, 2.45) is 0 Å². The Morgan fingerprint density at radius 1 is 1.54 bits per heavy atom. The highest BCUT2D eigenvalue weighted by Crippen LogP contribution is 2.11. The van der Waals surface area contributed by atoms with Gasteiger partial charge in [0.2, 0.25) is 0 Å². The highest BCUT2D eigenvalue weighted by atomic mass is 15.3. The molecule has 13 heavy (non-hydrogen) atoms. The summed E-state index contributed by atoms with van der Waals surface area (Å²) < 4.78 is 1.78. The number of allylic oxidation sites excluding steroid dienone is 1. The Morgan fingerprint density at radius 3 is 2.38 bits per heavy atom. The lowest BCUT2D eigenvalue weighted by Gasteiger charge is -2.01. The summed E-state index contributed by atoms with van der Waals surface area (Å²) in [6, 6.07) is 0. The van der Waals surface area contributed by atoms with Crippen molar-refractivity contribution in [2.45, 2.75) is 27.7 Å². The number of aromatic nitrogens is 2. The lowest BCUT2D eigenvalue weighted by Crippen LogP contribution is -1.96. The van der Waals surface area contributed by atoms with Crippen molar-refractivity contribution in [3.8, 4) is 0 Å². The maximum absolute atomic E-state index is 4.13. The molecule has 72 valence electrons. The highest BCUT2D eigenvalue weighted by Gasteiger charge is 2.02. The maximum atomic E-state index is 4.13. The van der Waals surface area contributed by atoms with Gasteiger partial charge in [-0.15, -0.1) is 0 Å². The van der Waals surface area contributed by atoms with E-state index in [1.54, 1.807) is 10.8 Å². The van der Waals surface area contributed by atoms with E-state index in [0.29, 0.717) is 0 Å². The van der Waals surface area contributed by atoms with Crippen LogP contribution in [0, 0.1) is 6.92 Å². The summed E-state index contributed by atoms with van der Waals surface area (Å²) >= 11 is 0. The third-order valence-corrected chi connectivity index (χ3v) is 1.55. The minimum Gasteiger partial charge on any atom is -0.238 e. The van der Waals surface area contributed by atoms with E-state index in [9.17, 15) is 0 Å². The molecule has 0 aliphatic carbocycles. The van der Waals surface area contributed by atoms with Gasteiger partial charge < -0.3 is 0 Å². The van der Waals surface area contributed by atoms with Gasteiger partial charge in [-0.1, -0.05) is 27.0 Å². The molecule has 0 aromatic carbocycles. The minimum absolute atomic E-state index is 0.910. The van der Waals surface area contributed by atoms with E-state index in [0.717, 1.165) is 17.0 Å². The molecule has 0 aliphatic rings. The van der Waals surface area contributed by atoms with E-state index in [1.165, 1.54) is 0 Å². The zero-order valence-electron chi connectivity index (χ0n) is 8.96. The van der Waals surface area contributed by atoms with Gasteiger partial charge in [0.25, 0.3) is 0 Å². The maximum Gasteiger partial charge on any atom is 0.0687 e. The van der Waals surface area contributed by atoms with E-state index in [1.807, 2.05) is 33.9 Å². The van der Waals surface area contributed by atoms with Crippen molar-refractivity contribution in [1.82, 2.24) is 9.78 Å². The van der Waals surface area contributed by atoms with Crippen LogP contribution >= 0.6 is 0 Å². The molecule has 2 heteroatoms. The van der Waals surface area contributed by atoms with Crippen molar-refractivity contribution < 1.29 is 0 Å². The van der Waals surface area contributed by atoms with Crippen LogP contribution < -0.4 is 0 Å². The first kappa shape index (κ1) is 11.7. The number of hydrogen-bond donors (Lipinski definition) is 0. The lowest BCUT2D eigenvalue weighted by atomic mass is 10.3. The molecule has 1 heterocycles. The summed E-state index contributed by atoms with van der Waals surface area (Å²) in [7, 11) is 0. The monoisotopic (exact) mass is 178 g/mol. The molecule has 0 saturated heterocycles. The molecule has 0 radical (unpaired) electrons. The smallest absolute Gasteiger partial charge is 0.0687 e. The van der Waals surface area contributed by atoms with Gasteiger partial charge in [-0.3, -0.25) is 0 Å². The van der Waals surface area contributed by atoms with Gasteiger partial charge in [-0.2, -0.15) is 5.10 Å². The summed E-state index contributed by atoms with van der Waals surface area (Å²) in [6.45, 7) is 15.4. The molecule has 0 aliphatic heterocycles. The van der Waals surface area contributed by atoms with Gasteiger partial charge in [0.05, 0.1) is 11.9 Å². The van der Waals surface area contributed by atoms with Crippen LogP contribution in [0.15, 0.2) is 19.4 Å². The second-order valence-corrected chi connectivity index (χ2v) is 2.56. The van der Waals surface area contributed by atoms with Gasteiger partial charge in [0.15, 0.2) is 0 Å². The molecule has 0 saturated carbocycles. The molecule has 0 bridgehead atoms. The normalized spacial score (nSPS) is 8.62. The van der Waals surface area contributed by atoms with Crippen molar-refractivity contribution in [1.29, 1.82) is 0 Å². The Bertz CT molecular complexity index is 295. The van der Waals surface area contributed by atoms with E-state index in [2.05, 4.69) is 18.3 Å². The SMILES string of the molecule is C=Cc1c(C)cnn1C(=C)C.CC. The summed E-state index contributed by atoms with van der Waals surface area (Å²) in [5.41, 5.74) is 3.06. The van der Waals surface area contributed by atoms with E-state index in [4.69, 9.17) is 0 Å². The first-order valence-corrected chi connectivity index (χ1v) is 4.49. The van der Waals surface area contributed by atoms with Gasteiger partial charge in [-0.05, 0) is 25.5 Å². The fraction of sp³-hybridized carbons (Fsp3) is 0.364. The Balaban J connectivity index is 0.000000671. The summed E-state index contributed by atoms with van der Waals surface area (Å²) in [5.74, 6) is 0. The molecule has 0 amide bonds. The van der Waals surface area contributed by atoms with Crippen molar-refractivity contribution in [3.05, 3.63) is 30.6 Å². The fourth-order valence-corrected chi connectivity index (χ4v) is 0.991. The third-order valence-electron chi connectivity index (χ3n) is 1.55. The van der Waals surface area contributed by atoms with E-state index < -0.39 is 0 Å². The molecular weight excluding hydrogens is 160 g/mol. The van der Waals surface area contributed by atoms with Crippen LogP contribution in [0.3, 0.4) is 0 Å². The first-order valence-electron chi connectivity index (χ1n) is 4.49. The highest BCUT2D eigenvalue weighted by molar-refractivity contribution is 5.53. The molecule has 0 spiro atoms. The number of aryl methyl sites for hydroxylation is 1. The quantitative estimate of drug-likeness (QED) is 0.679. The Hall–Kier alpha value is -1.31. The molecule has 0 unspecified atom stereocenters. The molecule has 1 rings (SSSR count). The standard InChI is InChI=1S/C9H12N2.C2H6/c1-5-9-8(4)6-10-11(9)7(2)3;1-2/h5-6H,1-2H2,3-4H3;1-2H3. The van der Waals surface area contributed by atoms with Crippen LogP contribution in [0.1, 0.15) is 32.0 Å². The summed E-state index contributed by atoms with van der Waals surface area (Å²) in [4.78, 5) is 0. The van der Waals surface area contributed by atoms with Gasteiger partial charge in [0.1, 0.15) is 0 Å². The van der Waals surface area contributed by atoms with Crippen molar-refractivity contribution in [2.75, 3.05) is 0 Å². The zero-order chi connectivity index (χ0) is 10.4. The molecule has 0 fully saturated rings. The molecule has 0 atom stereocenters. The van der Waals surface area contributed by atoms with Crippen LogP contribution in [0.25, 0.3) is 11.8 Å². The predicted molar refractivity (Wildman–Crippen MR) is 59.4 cm³/mol.